The largest absolute Gasteiger partial charge is 0.369 e. The Labute approximate surface area is 250 Å². The van der Waals surface area contributed by atoms with Crippen LogP contribution in [-0.2, 0) is 17.8 Å². The van der Waals surface area contributed by atoms with Crippen LogP contribution in [0.1, 0.15) is 54.2 Å². The lowest BCUT2D eigenvalue weighted by Crippen LogP contribution is -2.47. The summed E-state index contributed by atoms with van der Waals surface area (Å²) >= 11 is 6.21. The van der Waals surface area contributed by atoms with E-state index in [0.717, 1.165) is 24.2 Å². The highest BCUT2D eigenvalue weighted by Crippen LogP contribution is 2.39. The Morgan fingerprint density at radius 3 is 2.48 bits per heavy atom. The van der Waals surface area contributed by atoms with Crippen LogP contribution in [0, 0.1) is 23.6 Å². The SMILES string of the molecule is CC1CC(C)CN(C(=O)c2ccc(N3CC4CC(C3)c3cccc(=O)n3C4)c(NC(=O)Cc3c(F)cccc3Cl)c2)C1. The zero-order valence-corrected chi connectivity index (χ0v) is 24.7. The molecule has 2 saturated heterocycles. The van der Waals surface area contributed by atoms with Gasteiger partial charge in [0.25, 0.3) is 11.5 Å². The molecular weight excluding hydrogens is 555 g/mol. The maximum absolute atomic E-state index is 14.5. The Balaban J connectivity index is 1.32. The van der Waals surface area contributed by atoms with Crippen molar-refractivity contribution >= 4 is 34.8 Å². The summed E-state index contributed by atoms with van der Waals surface area (Å²) in [6.45, 7) is 7.77. The first-order valence-corrected chi connectivity index (χ1v) is 15.1. The maximum Gasteiger partial charge on any atom is 0.253 e. The summed E-state index contributed by atoms with van der Waals surface area (Å²) in [5, 5.41) is 3.18. The number of anilines is 2. The van der Waals surface area contributed by atoms with Crippen LogP contribution in [0.2, 0.25) is 5.02 Å². The van der Waals surface area contributed by atoms with Crippen LogP contribution in [-0.4, -0.2) is 47.5 Å². The number of carbonyl (C=O) groups excluding carboxylic acids is 2. The molecular formula is C33H36ClFN4O3. The van der Waals surface area contributed by atoms with E-state index in [1.54, 1.807) is 18.2 Å². The van der Waals surface area contributed by atoms with Gasteiger partial charge in [0.2, 0.25) is 5.91 Å². The van der Waals surface area contributed by atoms with Crippen LogP contribution in [0.4, 0.5) is 15.8 Å². The van der Waals surface area contributed by atoms with Gasteiger partial charge in [0.05, 0.1) is 17.8 Å². The zero-order valence-electron chi connectivity index (χ0n) is 24.0. The normalized spacial score (nSPS) is 23.3. The monoisotopic (exact) mass is 590 g/mol. The Bertz CT molecular complexity index is 1560. The highest BCUT2D eigenvalue weighted by Gasteiger charge is 2.36. The molecule has 2 fully saturated rings. The molecule has 4 atom stereocenters. The number of pyridine rings is 1. The highest BCUT2D eigenvalue weighted by atomic mass is 35.5. The molecule has 0 radical (unpaired) electrons. The third-order valence-corrected chi connectivity index (χ3v) is 9.25. The third kappa shape index (κ3) is 5.69. The number of piperidine rings is 2. The van der Waals surface area contributed by atoms with Gasteiger partial charge in [-0.25, -0.2) is 4.39 Å². The van der Waals surface area contributed by atoms with Crippen LogP contribution < -0.4 is 15.8 Å². The molecule has 4 heterocycles. The fourth-order valence-electron chi connectivity index (χ4n) is 7.21. The summed E-state index contributed by atoms with van der Waals surface area (Å²) in [6, 6.07) is 15.3. The van der Waals surface area contributed by atoms with Crippen molar-refractivity contribution in [2.75, 3.05) is 36.4 Å². The number of carbonyl (C=O) groups is 2. The number of nitrogens with zero attached hydrogens (tertiary/aromatic N) is 3. The molecule has 2 bridgehead atoms. The molecule has 3 aliphatic rings. The molecule has 0 spiro atoms. The minimum absolute atomic E-state index is 0.0274. The number of amides is 2. The predicted octanol–water partition coefficient (Wildman–Crippen LogP) is 5.56. The zero-order chi connectivity index (χ0) is 29.5. The fraction of sp³-hybridized carbons (Fsp3) is 0.424. The van der Waals surface area contributed by atoms with Gasteiger partial charge in [0.15, 0.2) is 0 Å². The van der Waals surface area contributed by atoms with E-state index in [9.17, 15) is 18.8 Å². The minimum atomic E-state index is -0.534. The van der Waals surface area contributed by atoms with Crippen molar-refractivity contribution in [2.45, 2.75) is 45.6 Å². The van der Waals surface area contributed by atoms with E-state index in [-0.39, 0.29) is 40.3 Å². The number of fused-ring (bicyclic) bond motifs is 4. The molecule has 0 aliphatic carbocycles. The van der Waals surface area contributed by atoms with Crippen molar-refractivity contribution in [2.24, 2.45) is 17.8 Å². The number of likely N-dealkylation sites (tertiary alicyclic amines) is 1. The average Bonchev–Trinajstić information content (AvgIpc) is 2.94. The first-order valence-electron chi connectivity index (χ1n) is 14.8. The smallest absolute Gasteiger partial charge is 0.253 e. The molecule has 3 aliphatic heterocycles. The van der Waals surface area contributed by atoms with E-state index in [1.165, 1.54) is 12.1 Å². The third-order valence-electron chi connectivity index (χ3n) is 8.89. The summed E-state index contributed by atoms with van der Waals surface area (Å²) in [7, 11) is 0. The molecule has 2 aromatic carbocycles. The van der Waals surface area contributed by atoms with Crippen molar-refractivity contribution < 1.29 is 14.0 Å². The Kier molecular flexibility index (Phi) is 7.83. The first-order chi connectivity index (χ1) is 20.2. The molecule has 4 unspecified atom stereocenters. The standard InChI is InChI=1S/C33H36ClFN4O3/c1-20-11-21(2)16-38(15-20)33(42)23-9-10-30(28(13-23)36-31(40)14-25-26(34)5-3-6-27(25)35)37-17-22-12-24(19-37)29-7-4-8-32(41)39(29)18-22/h3-10,13,20-22,24H,11-12,14-19H2,1-2H3,(H,36,40). The van der Waals surface area contributed by atoms with Crippen LogP contribution >= 0.6 is 11.6 Å². The number of hydrogen-bond acceptors (Lipinski definition) is 4. The van der Waals surface area contributed by atoms with Gasteiger partial charge in [-0.2, -0.15) is 0 Å². The molecule has 0 saturated carbocycles. The minimum Gasteiger partial charge on any atom is -0.369 e. The summed E-state index contributed by atoms with van der Waals surface area (Å²) in [6.07, 6.45) is 1.86. The molecule has 220 valence electrons. The average molecular weight is 591 g/mol. The van der Waals surface area contributed by atoms with Gasteiger partial charge in [-0.05, 0) is 67.0 Å². The quantitative estimate of drug-likeness (QED) is 0.422. The van der Waals surface area contributed by atoms with Crippen LogP contribution in [0.15, 0.2) is 59.4 Å². The predicted molar refractivity (Wildman–Crippen MR) is 163 cm³/mol. The summed E-state index contributed by atoms with van der Waals surface area (Å²) in [5.74, 6) is 0.278. The Morgan fingerprint density at radius 1 is 0.952 bits per heavy atom. The molecule has 2 amide bonds. The lowest BCUT2D eigenvalue weighted by Gasteiger charge is -2.44. The highest BCUT2D eigenvalue weighted by molar-refractivity contribution is 6.31. The van der Waals surface area contributed by atoms with E-state index >= 15 is 0 Å². The van der Waals surface area contributed by atoms with Crippen molar-refractivity contribution in [3.05, 3.63) is 92.6 Å². The van der Waals surface area contributed by atoms with Gasteiger partial charge in [0.1, 0.15) is 5.82 Å². The van der Waals surface area contributed by atoms with Gasteiger partial charge in [-0.15, -0.1) is 0 Å². The molecule has 6 rings (SSSR count). The summed E-state index contributed by atoms with van der Waals surface area (Å²) < 4.78 is 16.4. The number of aromatic nitrogens is 1. The number of benzene rings is 2. The van der Waals surface area contributed by atoms with Gasteiger partial charge < -0.3 is 19.7 Å². The molecule has 3 aromatic rings. The molecule has 42 heavy (non-hydrogen) atoms. The number of hydrogen-bond donors (Lipinski definition) is 1. The number of halogens is 2. The molecule has 1 aromatic heterocycles. The van der Waals surface area contributed by atoms with E-state index < -0.39 is 11.7 Å². The van der Waals surface area contributed by atoms with Crippen LogP contribution in [0.3, 0.4) is 0 Å². The second-order valence-corrected chi connectivity index (χ2v) is 12.8. The van der Waals surface area contributed by atoms with E-state index in [0.29, 0.717) is 55.8 Å². The molecule has 9 heteroatoms. The van der Waals surface area contributed by atoms with Gasteiger partial charge in [0, 0.05) is 66.6 Å². The number of nitrogens with one attached hydrogen (secondary N) is 1. The molecule has 1 N–H and O–H groups in total. The topological polar surface area (TPSA) is 74.7 Å². The second-order valence-electron chi connectivity index (χ2n) is 12.4. The lowest BCUT2D eigenvalue weighted by molar-refractivity contribution is -0.115. The fourth-order valence-corrected chi connectivity index (χ4v) is 7.44. The van der Waals surface area contributed by atoms with Gasteiger partial charge in [-0.1, -0.05) is 37.6 Å². The first kappa shape index (κ1) is 28.5. The summed E-state index contributed by atoms with van der Waals surface area (Å²) in [5.41, 5.74) is 3.02. The van der Waals surface area contributed by atoms with Gasteiger partial charge >= 0.3 is 0 Å². The second kappa shape index (κ2) is 11.6. The lowest BCUT2D eigenvalue weighted by atomic mass is 9.83. The molecule has 7 nitrogen and oxygen atoms in total. The summed E-state index contributed by atoms with van der Waals surface area (Å²) in [4.78, 5) is 43.6. The van der Waals surface area contributed by atoms with Crippen molar-refractivity contribution in [1.29, 1.82) is 0 Å². The maximum atomic E-state index is 14.5. The van der Waals surface area contributed by atoms with E-state index in [2.05, 4.69) is 24.1 Å². The van der Waals surface area contributed by atoms with Crippen molar-refractivity contribution in [3.8, 4) is 0 Å². The van der Waals surface area contributed by atoms with Crippen LogP contribution in [0.5, 0.6) is 0 Å². The van der Waals surface area contributed by atoms with E-state index in [4.69, 9.17) is 11.6 Å². The number of rotatable bonds is 5. The van der Waals surface area contributed by atoms with Gasteiger partial charge in [-0.3, -0.25) is 14.4 Å². The van der Waals surface area contributed by atoms with Crippen molar-refractivity contribution in [3.63, 3.8) is 0 Å². The van der Waals surface area contributed by atoms with Crippen LogP contribution in [0.25, 0.3) is 0 Å². The van der Waals surface area contributed by atoms with Crippen molar-refractivity contribution in [1.82, 2.24) is 9.47 Å². The Morgan fingerprint density at radius 2 is 1.71 bits per heavy atom. The Hall–Kier alpha value is -3.65. The van der Waals surface area contributed by atoms with E-state index in [1.807, 2.05) is 33.7 Å².